The van der Waals surface area contributed by atoms with Crippen LogP contribution in [0.2, 0.25) is 0 Å². The molecule has 2 saturated carbocycles. The predicted molar refractivity (Wildman–Crippen MR) is 156 cm³/mol. The number of nitrogens with one attached hydrogen (secondary N) is 2. The average molecular weight is 613 g/mol. The van der Waals surface area contributed by atoms with Gasteiger partial charge < -0.3 is 19.5 Å². The van der Waals surface area contributed by atoms with Crippen molar-refractivity contribution in [2.45, 2.75) is 81.4 Å². The molecule has 0 bridgehead atoms. The largest absolute Gasteiger partial charge is 0.492 e. The molecule has 6 rings (SSSR count). The van der Waals surface area contributed by atoms with Gasteiger partial charge in [0, 0.05) is 35.7 Å². The molecule has 0 spiro atoms. The van der Waals surface area contributed by atoms with Crippen LogP contribution >= 0.6 is 0 Å². The highest BCUT2D eigenvalue weighted by atomic mass is 32.2. The van der Waals surface area contributed by atoms with Crippen LogP contribution in [0.15, 0.2) is 37.1 Å². The van der Waals surface area contributed by atoms with Gasteiger partial charge >= 0.3 is 6.09 Å². The lowest BCUT2D eigenvalue weighted by Crippen LogP contribution is -2.56. The van der Waals surface area contributed by atoms with Crippen molar-refractivity contribution in [1.82, 2.24) is 19.9 Å². The van der Waals surface area contributed by atoms with Gasteiger partial charge in [-0.3, -0.25) is 19.2 Å². The van der Waals surface area contributed by atoms with E-state index in [4.69, 9.17) is 14.2 Å². The third-order valence-electron chi connectivity index (χ3n) is 8.28. The van der Waals surface area contributed by atoms with Crippen molar-refractivity contribution in [2.24, 2.45) is 5.92 Å². The van der Waals surface area contributed by atoms with Crippen LogP contribution < -0.4 is 19.5 Å². The number of likely N-dealkylation sites (tertiary alicyclic amines) is 1. The Hall–Kier alpha value is -3.87. The lowest BCUT2D eigenvalue weighted by Gasteiger charge is -2.29. The second kappa shape index (κ2) is 10.4. The Balaban J connectivity index is 1.24. The van der Waals surface area contributed by atoms with Crippen molar-refractivity contribution >= 4 is 38.7 Å². The van der Waals surface area contributed by atoms with Crippen LogP contribution in [0.3, 0.4) is 0 Å². The molecule has 4 aliphatic rings. The first-order valence-corrected chi connectivity index (χ1v) is 16.1. The van der Waals surface area contributed by atoms with Gasteiger partial charge in [0.1, 0.15) is 29.0 Å². The van der Waals surface area contributed by atoms with Crippen LogP contribution in [-0.2, 0) is 30.8 Å². The lowest BCUT2D eigenvalue weighted by molar-refractivity contribution is -0.131. The van der Waals surface area contributed by atoms with E-state index in [2.05, 4.69) is 21.6 Å². The number of pyridine rings is 1. The summed E-state index contributed by atoms with van der Waals surface area (Å²) in [6.07, 6.45) is 3.91. The van der Waals surface area contributed by atoms with Crippen LogP contribution in [0, 0.1) is 5.92 Å². The van der Waals surface area contributed by atoms with Gasteiger partial charge in [0.2, 0.25) is 21.8 Å². The van der Waals surface area contributed by atoms with Gasteiger partial charge in [-0.05, 0) is 57.7 Å². The van der Waals surface area contributed by atoms with Crippen molar-refractivity contribution in [3.63, 3.8) is 0 Å². The SMILES string of the molecule is C=C[C@@H]1C[C@]1(NC(=O)[C@@H]1C[C@@H](Oc2nccc3c4c(ccc23)CCO4)CN1C(=O)OC(C)(C)C)C(=O)NS(=O)(=O)C1CC1. The molecule has 2 aliphatic carbocycles. The molecule has 1 saturated heterocycles. The number of sulfonamides is 1. The van der Waals surface area contributed by atoms with E-state index in [1.165, 1.54) is 11.0 Å². The summed E-state index contributed by atoms with van der Waals surface area (Å²) in [6, 6.07) is 4.73. The highest BCUT2D eigenvalue weighted by Crippen LogP contribution is 2.45. The van der Waals surface area contributed by atoms with E-state index in [0.29, 0.717) is 25.3 Å². The number of carbonyl (C=O) groups excluding carboxylic acids is 3. The lowest BCUT2D eigenvalue weighted by atomic mass is 10.1. The molecular formula is C30H36N4O8S. The van der Waals surface area contributed by atoms with E-state index < -0.39 is 62.4 Å². The molecule has 13 heteroatoms. The molecule has 3 heterocycles. The highest BCUT2D eigenvalue weighted by Gasteiger charge is 2.62. The maximum Gasteiger partial charge on any atom is 0.411 e. The van der Waals surface area contributed by atoms with Crippen LogP contribution in [0.25, 0.3) is 10.8 Å². The van der Waals surface area contributed by atoms with Crippen molar-refractivity contribution in [2.75, 3.05) is 13.2 Å². The predicted octanol–water partition coefficient (Wildman–Crippen LogP) is 2.60. The number of aromatic nitrogens is 1. The molecule has 3 amide bonds. The zero-order valence-corrected chi connectivity index (χ0v) is 25.2. The van der Waals surface area contributed by atoms with Gasteiger partial charge in [0.05, 0.1) is 18.4 Å². The summed E-state index contributed by atoms with van der Waals surface area (Å²) in [5.74, 6) is -0.726. The number of ether oxygens (including phenoxy) is 3. The molecule has 2 aliphatic heterocycles. The summed E-state index contributed by atoms with van der Waals surface area (Å²) in [5.41, 5.74) is -1.19. The van der Waals surface area contributed by atoms with E-state index in [0.717, 1.165) is 28.5 Å². The van der Waals surface area contributed by atoms with Crippen molar-refractivity contribution < 1.29 is 37.0 Å². The van der Waals surface area contributed by atoms with Gasteiger partial charge in [0.15, 0.2) is 0 Å². The molecule has 1 aromatic carbocycles. The maximum absolute atomic E-state index is 13.8. The van der Waals surface area contributed by atoms with E-state index in [1.54, 1.807) is 27.0 Å². The molecule has 230 valence electrons. The Labute approximate surface area is 250 Å². The molecule has 1 aromatic heterocycles. The first-order chi connectivity index (χ1) is 20.3. The number of nitrogens with zero attached hydrogens (tertiary/aromatic N) is 2. The minimum absolute atomic E-state index is 0.0344. The summed E-state index contributed by atoms with van der Waals surface area (Å²) in [7, 11) is -3.83. The van der Waals surface area contributed by atoms with Crippen molar-refractivity contribution in [3.05, 3.63) is 42.6 Å². The van der Waals surface area contributed by atoms with Gasteiger partial charge in [-0.2, -0.15) is 0 Å². The smallest absolute Gasteiger partial charge is 0.411 e. The van der Waals surface area contributed by atoms with E-state index >= 15 is 0 Å². The second-order valence-corrected chi connectivity index (χ2v) is 14.6. The number of benzene rings is 1. The molecule has 12 nitrogen and oxygen atoms in total. The summed E-state index contributed by atoms with van der Waals surface area (Å²) >= 11 is 0. The number of rotatable bonds is 8. The van der Waals surface area contributed by atoms with Gasteiger partial charge in [-0.25, -0.2) is 18.2 Å². The number of fused-ring (bicyclic) bond motifs is 3. The minimum Gasteiger partial charge on any atom is -0.492 e. The minimum atomic E-state index is -3.83. The van der Waals surface area contributed by atoms with E-state index in [-0.39, 0.29) is 19.4 Å². The normalized spacial score (nSPS) is 26.3. The molecule has 2 N–H and O–H groups in total. The van der Waals surface area contributed by atoms with Crippen LogP contribution in [0.5, 0.6) is 11.6 Å². The molecule has 43 heavy (non-hydrogen) atoms. The topological polar surface area (TPSA) is 153 Å². The summed E-state index contributed by atoms with van der Waals surface area (Å²) in [4.78, 5) is 46.0. The maximum atomic E-state index is 13.8. The first-order valence-electron chi connectivity index (χ1n) is 14.5. The second-order valence-electron chi connectivity index (χ2n) is 12.7. The van der Waals surface area contributed by atoms with Crippen LogP contribution in [0.4, 0.5) is 4.79 Å². The van der Waals surface area contributed by atoms with E-state index in [9.17, 15) is 22.8 Å². The van der Waals surface area contributed by atoms with Crippen LogP contribution in [-0.4, -0.2) is 77.9 Å². The molecule has 0 unspecified atom stereocenters. The average Bonchev–Trinajstić information content (AvgIpc) is 3.81. The first kappa shape index (κ1) is 29.2. The highest BCUT2D eigenvalue weighted by molar-refractivity contribution is 7.91. The van der Waals surface area contributed by atoms with Gasteiger partial charge in [-0.1, -0.05) is 12.1 Å². The fraction of sp³-hybridized carbons (Fsp3) is 0.533. The summed E-state index contributed by atoms with van der Waals surface area (Å²) in [6.45, 7) is 9.55. The Morgan fingerprint density at radius 2 is 1.95 bits per heavy atom. The Kier molecular flexibility index (Phi) is 7.06. The Morgan fingerprint density at radius 3 is 2.63 bits per heavy atom. The summed E-state index contributed by atoms with van der Waals surface area (Å²) < 4.78 is 44.9. The number of carbonyl (C=O) groups is 3. The van der Waals surface area contributed by atoms with Gasteiger partial charge in [-0.15, -0.1) is 6.58 Å². The van der Waals surface area contributed by atoms with Gasteiger partial charge in [0.25, 0.3) is 5.91 Å². The monoisotopic (exact) mass is 612 g/mol. The van der Waals surface area contributed by atoms with Crippen molar-refractivity contribution in [3.8, 4) is 11.6 Å². The Morgan fingerprint density at radius 1 is 1.19 bits per heavy atom. The fourth-order valence-electron chi connectivity index (χ4n) is 5.80. The number of amides is 3. The quantitative estimate of drug-likeness (QED) is 0.428. The molecule has 2 aromatic rings. The summed E-state index contributed by atoms with van der Waals surface area (Å²) in [5, 5.41) is 3.78. The Bertz CT molecular complexity index is 1620. The fourth-order valence-corrected chi connectivity index (χ4v) is 7.16. The third-order valence-corrected chi connectivity index (χ3v) is 10.1. The van der Waals surface area contributed by atoms with E-state index in [1.807, 2.05) is 18.2 Å². The molecular weight excluding hydrogens is 576 g/mol. The number of hydrogen-bond donors (Lipinski definition) is 2. The third kappa shape index (κ3) is 5.62. The zero-order chi connectivity index (χ0) is 30.7. The molecule has 3 fully saturated rings. The standard InChI is InChI=1S/C30H36N4O8S/c1-5-18-15-30(18,27(36)33-43(38,39)20-7-8-20)32-25(35)23-14-19(16-34(23)28(37)42-29(2,3)4)41-26-22-9-6-17-11-13-40-24(17)21(22)10-12-31-26/h5-6,9-10,12,18-20,23H,1,7-8,11,13-16H2,2-4H3,(H,32,35)(H,33,36)/t18-,19-,23+,30-/m1/s1. The van der Waals surface area contributed by atoms with Crippen LogP contribution in [0.1, 0.15) is 52.0 Å². The van der Waals surface area contributed by atoms with Crippen molar-refractivity contribution in [1.29, 1.82) is 0 Å². The molecule has 0 radical (unpaired) electrons. The molecule has 4 atom stereocenters. The number of hydrogen-bond acceptors (Lipinski definition) is 9. The zero-order valence-electron chi connectivity index (χ0n) is 24.4.